The summed E-state index contributed by atoms with van der Waals surface area (Å²) in [4.78, 5) is 25.4. The molecular formula is C22H41BN2O5. The molecule has 3 unspecified atom stereocenters. The Hall–Kier alpha value is -1.12. The minimum atomic E-state index is -1.10. The van der Waals surface area contributed by atoms with Crippen molar-refractivity contribution in [2.24, 2.45) is 11.8 Å². The second kappa shape index (κ2) is 8.79. The molecule has 0 aromatic rings. The van der Waals surface area contributed by atoms with E-state index in [2.05, 4.69) is 10.6 Å². The number of aliphatic hydroxyl groups excluding tert-OH is 1. The largest absolute Gasteiger partial charge is 0.457 e. The zero-order chi connectivity index (χ0) is 23.0. The third-order valence-electron chi connectivity index (χ3n) is 6.86. The Morgan fingerprint density at radius 1 is 1.10 bits per heavy atom. The second-order valence-electron chi connectivity index (χ2n) is 11.1. The molecule has 8 heteroatoms. The predicted octanol–water partition coefficient (Wildman–Crippen LogP) is 2.67. The van der Waals surface area contributed by atoms with Gasteiger partial charge in [0.25, 0.3) is 0 Å². The van der Waals surface area contributed by atoms with Gasteiger partial charge in [-0.25, -0.2) is 0 Å². The van der Waals surface area contributed by atoms with Crippen molar-refractivity contribution in [1.29, 1.82) is 0 Å². The predicted molar refractivity (Wildman–Crippen MR) is 118 cm³/mol. The normalized spacial score (nSPS) is 30.8. The number of nitrogens with one attached hydrogen (secondary N) is 2. The average Bonchev–Trinajstić information content (AvgIpc) is 2.78. The van der Waals surface area contributed by atoms with Crippen LogP contribution in [0.2, 0.25) is 6.32 Å². The van der Waals surface area contributed by atoms with E-state index in [4.69, 9.17) is 9.31 Å². The van der Waals surface area contributed by atoms with Gasteiger partial charge in [0.15, 0.2) is 0 Å². The van der Waals surface area contributed by atoms with Crippen molar-refractivity contribution < 1.29 is 24.0 Å². The van der Waals surface area contributed by atoms with Gasteiger partial charge in [-0.15, -0.1) is 0 Å². The van der Waals surface area contributed by atoms with E-state index < -0.39 is 11.1 Å². The Balaban J connectivity index is 2.15. The van der Waals surface area contributed by atoms with Crippen LogP contribution in [0.5, 0.6) is 0 Å². The average molecular weight is 424 g/mol. The lowest BCUT2D eigenvalue weighted by molar-refractivity contribution is -0.140. The Morgan fingerprint density at radius 2 is 1.67 bits per heavy atom. The maximum atomic E-state index is 13.3. The molecule has 7 nitrogen and oxygen atoms in total. The van der Waals surface area contributed by atoms with E-state index >= 15 is 0 Å². The molecule has 0 spiro atoms. The van der Waals surface area contributed by atoms with Crippen LogP contribution in [0.15, 0.2) is 0 Å². The van der Waals surface area contributed by atoms with Gasteiger partial charge in [0, 0.05) is 25.0 Å². The molecule has 1 aliphatic heterocycles. The maximum absolute atomic E-state index is 13.3. The van der Waals surface area contributed by atoms with E-state index in [0.717, 1.165) is 19.2 Å². The first kappa shape index (κ1) is 25.1. The molecule has 1 heterocycles. The summed E-state index contributed by atoms with van der Waals surface area (Å²) >= 11 is 0. The molecule has 2 amide bonds. The third kappa shape index (κ3) is 5.57. The zero-order valence-electron chi connectivity index (χ0n) is 20.1. The summed E-state index contributed by atoms with van der Waals surface area (Å²) in [5, 5.41) is 16.0. The third-order valence-corrected chi connectivity index (χ3v) is 6.86. The molecule has 1 aliphatic carbocycles. The van der Waals surface area contributed by atoms with E-state index in [1.807, 2.05) is 48.5 Å². The molecule has 2 rings (SSSR count). The van der Waals surface area contributed by atoms with Crippen LogP contribution in [-0.4, -0.2) is 52.9 Å². The second-order valence-corrected chi connectivity index (χ2v) is 11.1. The van der Waals surface area contributed by atoms with Crippen molar-refractivity contribution in [3.63, 3.8) is 0 Å². The topological polar surface area (TPSA) is 96.9 Å². The van der Waals surface area contributed by atoms with E-state index in [1.165, 1.54) is 6.92 Å². The Labute approximate surface area is 182 Å². The van der Waals surface area contributed by atoms with Crippen LogP contribution < -0.4 is 10.6 Å². The minimum absolute atomic E-state index is 0.137. The molecule has 1 saturated heterocycles. The Morgan fingerprint density at radius 3 is 2.13 bits per heavy atom. The SMILES string of the molecule is CC(=O)NC1(C(=O)NC(C)(C)C)CC(CCB2OC(C)(C)C(C)(C)O2)CCC1CO. The number of carbonyl (C=O) groups is 2. The van der Waals surface area contributed by atoms with Crippen molar-refractivity contribution in [2.75, 3.05) is 6.61 Å². The van der Waals surface area contributed by atoms with Gasteiger partial charge < -0.3 is 25.0 Å². The van der Waals surface area contributed by atoms with Crippen LogP contribution in [0.4, 0.5) is 0 Å². The fraction of sp³-hybridized carbons (Fsp3) is 0.909. The highest BCUT2D eigenvalue weighted by atomic mass is 16.7. The zero-order valence-corrected chi connectivity index (χ0v) is 20.1. The molecule has 0 aromatic heterocycles. The van der Waals surface area contributed by atoms with E-state index in [9.17, 15) is 14.7 Å². The van der Waals surface area contributed by atoms with Gasteiger partial charge in [-0.2, -0.15) is 0 Å². The molecule has 3 N–H and O–H groups in total. The number of rotatable bonds is 6. The summed E-state index contributed by atoms with van der Waals surface area (Å²) in [6.07, 6.45) is 3.65. The lowest BCUT2D eigenvalue weighted by atomic mass is 9.65. The molecule has 0 bridgehead atoms. The summed E-state index contributed by atoms with van der Waals surface area (Å²) in [5.74, 6) is -0.560. The highest BCUT2D eigenvalue weighted by Crippen LogP contribution is 2.42. The standard InChI is InChI=1S/C22H41BN2O5/c1-15(27)24-22(18(28)25-19(2,3)4)13-16(9-10-17(22)14-26)11-12-23-29-20(5,6)21(7,8)30-23/h16-17,26H,9-14H2,1-8H3,(H,24,27)(H,25,28). The molecule has 2 aliphatic rings. The Bertz CT molecular complexity index is 630. The maximum Gasteiger partial charge on any atom is 0.457 e. The summed E-state index contributed by atoms with van der Waals surface area (Å²) in [7, 11) is -0.274. The van der Waals surface area contributed by atoms with E-state index in [0.29, 0.717) is 12.8 Å². The van der Waals surface area contributed by atoms with Gasteiger partial charge in [0.1, 0.15) is 5.54 Å². The molecule has 30 heavy (non-hydrogen) atoms. The van der Waals surface area contributed by atoms with Crippen molar-refractivity contribution >= 4 is 18.9 Å². The molecule has 0 aromatic carbocycles. The number of carbonyl (C=O) groups excluding carboxylic acids is 2. The Kier molecular flexibility index (Phi) is 7.37. The van der Waals surface area contributed by atoms with Crippen LogP contribution in [0, 0.1) is 11.8 Å². The van der Waals surface area contributed by atoms with Gasteiger partial charge in [-0.1, -0.05) is 6.42 Å². The lowest BCUT2D eigenvalue weighted by Gasteiger charge is -2.46. The van der Waals surface area contributed by atoms with Gasteiger partial charge >= 0.3 is 7.12 Å². The van der Waals surface area contributed by atoms with Crippen molar-refractivity contribution in [1.82, 2.24) is 10.6 Å². The van der Waals surface area contributed by atoms with Gasteiger partial charge in [0.05, 0.1) is 11.2 Å². The summed E-state index contributed by atoms with van der Waals surface area (Å²) in [5.41, 5.74) is -2.26. The molecule has 3 atom stereocenters. The van der Waals surface area contributed by atoms with E-state index in [-0.39, 0.29) is 48.6 Å². The lowest BCUT2D eigenvalue weighted by Crippen LogP contribution is -2.67. The van der Waals surface area contributed by atoms with Crippen molar-refractivity contribution in [3.8, 4) is 0 Å². The van der Waals surface area contributed by atoms with Crippen LogP contribution >= 0.6 is 0 Å². The smallest absolute Gasteiger partial charge is 0.403 e. The minimum Gasteiger partial charge on any atom is -0.403 e. The molecule has 2 fully saturated rings. The van der Waals surface area contributed by atoms with Crippen molar-refractivity contribution in [3.05, 3.63) is 0 Å². The van der Waals surface area contributed by atoms with E-state index in [1.54, 1.807) is 0 Å². The van der Waals surface area contributed by atoms with Gasteiger partial charge in [-0.05, 0) is 80.0 Å². The molecular weight excluding hydrogens is 383 g/mol. The number of hydrogen-bond donors (Lipinski definition) is 3. The fourth-order valence-corrected chi connectivity index (χ4v) is 4.61. The first-order chi connectivity index (χ1) is 13.6. The highest BCUT2D eigenvalue weighted by Gasteiger charge is 2.53. The quantitative estimate of drug-likeness (QED) is 0.570. The molecule has 172 valence electrons. The van der Waals surface area contributed by atoms with Gasteiger partial charge in [0.2, 0.25) is 11.8 Å². The number of hydrogen-bond acceptors (Lipinski definition) is 5. The fourth-order valence-electron chi connectivity index (χ4n) is 4.61. The first-order valence-electron chi connectivity index (χ1n) is 11.2. The summed E-state index contributed by atoms with van der Waals surface area (Å²) in [6.45, 7) is 15.2. The number of amides is 2. The van der Waals surface area contributed by atoms with Crippen LogP contribution in [0.1, 0.15) is 81.1 Å². The van der Waals surface area contributed by atoms with Gasteiger partial charge in [-0.3, -0.25) is 9.59 Å². The van der Waals surface area contributed by atoms with Crippen LogP contribution in [0.25, 0.3) is 0 Å². The van der Waals surface area contributed by atoms with Crippen molar-refractivity contribution in [2.45, 2.75) is 110 Å². The van der Waals surface area contributed by atoms with Crippen LogP contribution in [-0.2, 0) is 18.9 Å². The number of aliphatic hydroxyl groups is 1. The highest BCUT2D eigenvalue weighted by molar-refractivity contribution is 6.45. The summed E-state index contributed by atoms with van der Waals surface area (Å²) in [6, 6.07) is 0. The molecule has 0 radical (unpaired) electrons. The first-order valence-corrected chi connectivity index (χ1v) is 11.2. The molecule has 1 saturated carbocycles. The summed E-state index contributed by atoms with van der Waals surface area (Å²) < 4.78 is 12.2. The van der Waals surface area contributed by atoms with Crippen LogP contribution in [0.3, 0.4) is 0 Å². The monoisotopic (exact) mass is 424 g/mol.